The number of aryl methyl sites for hydroxylation is 2. The summed E-state index contributed by atoms with van der Waals surface area (Å²) in [5, 5.41) is 14.0. The Kier molecular flexibility index (Phi) is 2.09. The first kappa shape index (κ1) is 8.72. The van der Waals surface area contributed by atoms with Crippen molar-refractivity contribution < 1.29 is 5.11 Å². The molecule has 0 fully saturated rings. The average Bonchev–Trinajstić information content (AvgIpc) is 2.62. The molecule has 0 saturated carbocycles. The Morgan fingerprint density at radius 3 is 3.08 bits per heavy atom. The van der Waals surface area contributed by atoms with E-state index in [4.69, 9.17) is 5.73 Å². The predicted octanol–water partition coefficient (Wildman–Crippen LogP) is -0.0991. The fourth-order valence-electron chi connectivity index (χ4n) is 2.07. The maximum atomic E-state index is 9.68. The molecule has 1 aromatic heterocycles. The Morgan fingerprint density at radius 2 is 2.38 bits per heavy atom. The maximum Gasteiger partial charge on any atom is 0.108 e. The molecule has 3 N–H and O–H groups in total. The van der Waals surface area contributed by atoms with Gasteiger partial charge in [0, 0.05) is 13.6 Å². The normalized spacial score (nSPS) is 17.5. The molecule has 0 saturated heterocycles. The molecule has 13 heavy (non-hydrogen) atoms. The molecule has 2 rings (SSSR count). The van der Waals surface area contributed by atoms with Crippen LogP contribution in [0.5, 0.6) is 0 Å². The van der Waals surface area contributed by atoms with Crippen molar-refractivity contribution in [3.8, 4) is 0 Å². The summed E-state index contributed by atoms with van der Waals surface area (Å²) in [5.41, 5.74) is 8.71. The van der Waals surface area contributed by atoms with Crippen LogP contribution in [0.15, 0.2) is 0 Å². The topological polar surface area (TPSA) is 64.1 Å². The number of aliphatic hydroxyl groups is 1. The van der Waals surface area contributed by atoms with Crippen molar-refractivity contribution in [3.05, 3.63) is 17.0 Å². The van der Waals surface area contributed by atoms with E-state index in [0.29, 0.717) is 0 Å². The van der Waals surface area contributed by atoms with E-state index in [2.05, 4.69) is 5.10 Å². The van der Waals surface area contributed by atoms with E-state index >= 15 is 0 Å². The number of fused-ring (bicyclic) bond motifs is 1. The van der Waals surface area contributed by atoms with Crippen molar-refractivity contribution in [2.75, 3.05) is 6.54 Å². The minimum Gasteiger partial charge on any atom is -0.385 e. The van der Waals surface area contributed by atoms with Crippen molar-refractivity contribution in [1.82, 2.24) is 9.78 Å². The van der Waals surface area contributed by atoms with Crippen LogP contribution in [0.3, 0.4) is 0 Å². The highest BCUT2D eigenvalue weighted by Gasteiger charge is 2.24. The van der Waals surface area contributed by atoms with Gasteiger partial charge in [0.25, 0.3) is 0 Å². The highest BCUT2D eigenvalue weighted by Crippen LogP contribution is 2.27. The lowest BCUT2D eigenvalue weighted by Gasteiger charge is -2.10. The van der Waals surface area contributed by atoms with Crippen LogP contribution in [-0.4, -0.2) is 21.4 Å². The zero-order valence-corrected chi connectivity index (χ0v) is 7.82. The summed E-state index contributed by atoms with van der Waals surface area (Å²) in [6.45, 7) is 0.270. The van der Waals surface area contributed by atoms with Crippen molar-refractivity contribution in [1.29, 1.82) is 0 Å². The minimum atomic E-state index is -0.556. The number of hydrogen-bond donors (Lipinski definition) is 2. The van der Waals surface area contributed by atoms with Gasteiger partial charge in [-0.05, 0) is 24.8 Å². The smallest absolute Gasteiger partial charge is 0.108 e. The quantitative estimate of drug-likeness (QED) is 0.669. The first-order valence-corrected chi connectivity index (χ1v) is 4.66. The predicted molar refractivity (Wildman–Crippen MR) is 49.2 cm³/mol. The molecule has 4 nitrogen and oxygen atoms in total. The highest BCUT2D eigenvalue weighted by atomic mass is 16.3. The van der Waals surface area contributed by atoms with Crippen LogP contribution in [-0.2, 0) is 19.9 Å². The largest absolute Gasteiger partial charge is 0.385 e. The molecule has 0 aromatic carbocycles. The second kappa shape index (κ2) is 3.12. The van der Waals surface area contributed by atoms with E-state index in [1.165, 1.54) is 5.56 Å². The maximum absolute atomic E-state index is 9.68. The monoisotopic (exact) mass is 181 g/mol. The van der Waals surface area contributed by atoms with Crippen LogP contribution in [0, 0.1) is 0 Å². The molecule has 1 unspecified atom stereocenters. The van der Waals surface area contributed by atoms with Gasteiger partial charge in [-0.3, -0.25) is 4.68 Å². The lowest BCUT2D eigenvalue weighted by Crippen LogP contribution is -2.16. The minimum absolute atomic E-state index is 0.270. The van der Waals surface area contributed by atoms with Crippen LogP contribution < -0.4 is 5.73 Å². The molecule has 0 bridgehead atoms. The Labute approximate surface area is 77.4 Å². The lowest BCUT2D eigenvalue weighted by atomic mass is 10.1. The van der Waals surface area contributed by atoms with Gasteiger partial charge in [-0.1, -0.05) is 0 Å². The van der Waals surface area contributed by atoms with Gasteiger partial charge in [0.2, 0.25) is 0 Å². The molecule has 1 atom stereocenters. The Bertz CT molecular complexity index is 319. The highest BCUT2D eigenvalue weighted by molar-refractivity contribution is 5.31. The molecule has 4 heteroatoms. The van der Waals surface area contributed by atoms with Gasteiger partial charge in [0.15, 0.2) is 0 Å². The van der Waals surface area contributed by atoms with Crippen LogP contribution in [0.2, 0.25) is 0 Å². The Hall–Kier alpha value is -0.870. The zero-order chi connectivity index (χ0) is 9.42. The van der Waals surface area contributed by atoms with E-state index in [1.54, 1.807) is 4.68 Å². The summed E-state index contributed by atoms with van der Waals surface area (Å²) in [7, 11) is 1.87. The molecule has 0 amide bonds. The van der Waals surface area contributed by atoms with Crippen molar-refractivity contribution in [3.63, 3.8) is 0 Å². The molecule has 1 aromatic rings. The second-order valence-electron chi connectivity index (χ2n) is 3.54. The van der Waals surface area contributed by atoms with Crippen molar-refractivity contribution in [2.45, 2.75) is 25.4 Å². The summed E-state index contributed by atoms with van der Waals surface area (Å²) < 4.78 is 1.77. The molecule has 0 spiro atoms. The van der Waals surface area contributed by atoms with Crippen LogP contribution >= 0.6 is 0 Å². The summed E-state index contributed by atoms with van der Waals surface area (Å²) in [6, 6.07) is 0. The van der Waals surface area contributed by atoms with Gasteiger partial charge in [-0.15, -0.1) is 0 Å². The van der Waals surface area contributed by atoms with Crippen molar-refractivity contribution >= 4 is 0 Å². The third kappa shape index (κ3) is 1.26. The van der Waals surface area contributed by atoms with Crippen LogP contribution in [0.1, 0.15) is 29.5 Å². The number of rotatable bonds is 2. The Morgan fingerprint density at radius 1 is 1.62 bits per heavy atom. The molecule has 1 aliphatic carbocycles. The first-order chi connectivity index (χ1) is 6.24. The lowest BCUT2D eigenvalue weighted by molar-refractivity contribution is 0.175. The number of aromatic nitrogens is 2. The van der Waals surface area contributed by atoms with E-state index in [1.807, 2.05) is 7.05 Å². The third-order valence-corrected chi connectivity index (χ3v) is 2.66. The second-order valence-corrected chi connectivity index (χ2v) is 3.54. The molecule has 1 heterocycles. The Balaban J connectivity index is 2.43. The van der Waals surface area contributed by atoms with Gasteiger partial charge in [0.1, 0.15) is 6.10 Å². The fraction of sp³-hybridized carbons (Fsp3) is 0.667. The average molecular weight is 181 g/mol. The zero-order valence-electron chi connectivity index (χ0n) is 7.82. The fourth-order valence-corrected chi connectivity index (χ4v) is 2.07. The van der Waals surface area contributed by atoms with E-state index in [0.717, 1.165) is 30.7 Å². The van der Waals surface area contributed by atoms with Gasteiger partial charge in [0.05, 0.1) is 11.4 Å². The van der Waals surface area contributed by atoms with Crippen LogP contribution in [0.4, 0.5) is 0 Å². The van der Waals surface area contributed by atoms with Gasteiger partial charge in [-0.25, -0.2) is 0 Å². The van der Waals surface area contributed by atoms with E-state index < -0.39 is 6.10 Å². The molecule has 0 aliphatic heterocycles. The number of hydrogen-bond acceptors (Lipinski definition) is 3. The molecule has 1 aliphatic rings. The summed E-state index contributed by atoms with van der Waals surface area (Å²) in [6.07, 6.45) is 2.68. The third-order valence-electron chi connectivity index (χ3n) is 2.66. The summed E-state index contributed by atoms with van der Waals surface area (Å²) >= 11 is 0. The van der Waals surface area contributed by atoms with E-state index in [-0.39, 0.29) is 6.54 Å². The van der Waals surface area contributed by atoms with Crippen LogP contribution in [0.25, 0.3) is 0 Å². The summed E-state index contributed by atoms with van der Waals surface area (Å²) in [5.74, 6) is 0. The molecule has 0 radical (unpaired) electrons. The number of nitrogens with two attached hydrogens (primary N) is 1. The van der Waals surface area contributed by atoms with Crippen molar-refractivity contribution in [2.24, 2.45) is 12.8 Å². The SMILES string of the molecule is Cn1nc2c(c1C(O)CN)CCC2. The molecular weight excluding hydrogens is 166 g/mol. The number of aliphatic hydroxyl groups excluding tert-OH is 1. The first-order valence-electron chi connectivity index (χ1n) is 4.66. The summed E-state index contributed by atoms with van der Waals surface area (Å²) in [4.78, 5) is 0. The van der Waals surface area contributed by atoms with E-state index in [9.17, 15) is 5.11 Å². The van der Waals surface area contributed by atoms with Gasteiger partial charge in [-0.2, -0.15) is 5.10 Å². The van der Waals surface area contributed by atoms with Gasteiger partial charge >= 0.3 is 0 Å². The molecular formula is C9H15N3O. The standard InChI is InChI=1S/C9H15N3O/c1-12-9(8(13)5-10)6-3-2-4-7(6)11-12/h8,13H,2-5,10H2,1H3. The number of nitrogens with zero attached hydrogens (tertiary/aromatic N) is 2. The molecule has 72 valence electrons. The van der Waals surface area contributed by atoms with Gasteiger partial charge < -0.3 is 10.8 Å².